The summed E-state index contributed by atoms with van der Waals surface area (Å²) in [6.45, 7) is 6.54. The van der Waals surface area contributed by atoms with Crippen molar-refractivity contribution in [2.45, 2.75) is 38.8 Å². The van der Waals surface area contributed by atoms with Crippen LogP contribution in [0.5, 0.6) is 5.75 Å². The standard InChI is InChI=1S/C16H23N3O2/c1-11(2)18-8-6-12(7-9-18)19-15-10-13(21-3)4-5-14(15)17-16(19)20/h4-5,10-12H,6-9H2,1-3H3,(H,17,20). The number of fused-ring (bicyclic) bond motifs is 1. The number of aromatic nitrogens is 2. The number of aromatic amines is 1. The van der Waals surface area contributed by atoms with Crippen LogP contribution < -0.4 is 10.4 Å². The molecule has 21 heavy (non-hydrogen) atoms. The number of likely N-dealkylation sites (tertiary alicyclic amines) is 1. The van der Waals surface area contributed by atoms with Gasteiger partial charge in [0.25, 0.3) is 0 Å². The van der Waals surface area contributed by atoms with Crippen LogP contribution in [0.2, 0.25) is 0 Å². The van der Waals surface area contributed by atoms with Gasteiger partial charge in [0.1, 0.15) is 5.75 Å². The minimum absolute atomic E-state index is 0.0127. The van der Waals surface area contributed by atoms with Gasteiger partial charge >= 0.3 is 5.69 Å². The first kappa shape index (κ1) is 14.2. The van der Waals surface area contributed by atoms with Crippen LogP contribution in [0.25, 0.3) is 11.0 Å². The number of benzene rings is 1. The summed E-state index contributed by atoms with van der Waals surface area (Å²) < 4.78 is 7.20. The summed E-state index contributed by atoms with van der Waals surface area (Å²) in [5.41, 5.74) is 1.82. The molecule has 0 unspecified atom stereocenters. The molecule has 3 rings (SSSR count). The lowest BCUT2D eigenvalue weighted by atomic mass is 10.0. The van der Waals surface area contributed by atoms with Gasteiger partial charge in [-0.2, -0.15) is 0 Å². The van der Waals surface area contributed by atoms with Crippen LogP contribution in [-0.4, -0.2) is 40.7 Å². The Morgan fingerprint density at radius 3 is 2.62 bits per heavy atom. The lowest BCUT2D eigenvalue weighted by molar-refractivity contribution is 0.152. The molecule has 1 aliphatic heterocycles. The summed E-state index contributed by atoms with van der Waals surface area (Å²) >= 11 is 0. The van der Waals surface area contributed by atoms with Gasteiger partial charge in [-0.15, -0.1) is 0 Å². The normalized spacial score (nSPS) is 17.7. The van der Waals surface area contributed by atoms with Crippen LogP contribution in [0.1, 0.15) is 32.7 Å². The van der Waals surface area contributed by atoms with E-state index in [0.29, 0.717) is 6.04 Å². The van der Waals surface area contributed by atoms with E-state index in [1.165, 1.54) is 0 Å². The summed E-state index contributed by atoms with van der Waals surface area (Å²) in [4.78, 5) is 17.7. The van der Waals surface area contributed by atoms with Crippen LogP contribution in [0.3, 0.4) is 0 Å². The average Bonchev–Trinajstić information content (AvgIpc) is 2.82. The summed E-state index contributed by atoms with van der Waals surface area (Å²) in [6, 6.07) is 6.58. The first-order chi connectivity index (χ1) is 10.1. The summed E-state index contributed by atoms with van der Waals surface area (Å²) in [7, 11) is 1.65. The molecular weight excluding hydrogens is 266 g/mol. The molecule has 0 aliphatic carbocycles. The second-order valence-electron chi connectivity index (χ2n) is 6.04. The van der Waals surface area contributed by atoms with Crippen molar-refractivity contribution in [1.82, 2.24) is 14.5 Å². The van der Waals surface area contributed by atoms with Crippen LogP contribution in [0.15, 0.2) is 23.0 Å². The first-order valence-electron chi connectivity index (χ1n) is 7.62. The van der Waals surface area contributed by atoms with Crippen molar-refractivity contribution in [2.75, 3.05) is 20.2 Å². The highest BCUT2D eigenvalue weighted by atomic mass is 16.5. The summed E-state index contributed by atoms with van der Waals surface area (Å²) in [6.07, 6.45) is 2.03. The molecule has 114 valence electrons. The van der Waals surface area contributed by atoms with Crippen LogP contribution in [0.4, 0.5) is 0 Å². The van der Waals surface area contributed by atoms with Gasteiger partial charge in [-0.3, -0.25) is 4.57 Å². The first-order valence-corrected chi connectivity index (χ1v) is 7.62. The zero-order valence-corrected chi connectivity index (χ0v) is 12.9. The van der Waals surface area contributed by atoms with Crippen LogP contribution in [-0.2, 0) is 0 Å². The number of hydrogen-bond donors (Lipinski definition) is 1. The van der Waals surface area contributed by atoms with Crippen LogP contribution >= 0.6 is 0 Å². The molecule has 1 aliphatic rings. The number of hydrogen-bond acceptors (Lipinski definition) is 3. The molecule has 0 saturated carbocycles. The molecule has 0 atom stereocenters. The van der Waals surface area contributed by atoms with Crippen molar-refractivity contribution >= 4 is 11.0 Å². The topological polar surface area (TPSA) is 50.3 Å². The van der Waals surface area contributed by atoms with Gasteiger partial charge in [0.2, 0.25) is 0 Å². The largest absolute Gasteiger partial charge is 0.497 e. The number of ether oxygens (including phenoxy) is 1. The SMILES string of the molecule is COc1ccc2[nH]c(=O)n(C3CCN(C(C)C)CC3)c2c1. The molecule has 2 aromatic rings. The Balaban J connectivity index is 1.93. The maximum atomic E-state index is 12.3. The lowest BCUT2D eigenvalue weighted by Gasteiger charge is -2.35. The van der Waals surface area contributed by atoms with E-state index in [4.69, 9.17) is 4.74 Å². The number of nitrogens with one attached hydrogen (secondary N) is 1. The molecule has 5 heteroatoms. The molecular formula is C16H23N3O2. The lowest BCUT2D eigenvalue weighted by Crippen LogP contribution is -2.40. The molecule has 1 fully saturated rings. The average molecular weight is 289 g/mol. The van der Waals surface area contributed by atoms with Crippen molar-refractivity contribution in [1.29, 1.82) is 0 Å². The van der Waals surface area contributed by atoms with E-state index in [1.807, 2.05) is 22.8 Å². The maximum Gasteiger partial charge on any atom is 0.326 e. The second-order valence-corrected chi connectivity index (χ2v) is 6.04. The number of methoxy groups -OCH3 is 1. The third-order valence-corrected chi connectivity index (χ3v) is 4.52. The van der Waals surface area contributed by atoms with E-state index in [0.717, 1.165) is 42.7 Å². The Bertz CT molecular complexity index is 678. The molecule has 0 radical (unpaired) electrons. The predicted molar refractivity (Wildman–Crippen MR) is 84.1 cm³/mol. The second kappa shape index (κ2) is 5.56. The van der Waals surface area contributed by atoms with Gasteiger partial charge in [-0.25, -0.2) is 4.79 Å². The van der Waals surface area contributed by atoms with Gasteiger partial charge < -0.3 is 14.6 Å². The number of rotatable bonds is 3. The Morgan fingerprint density at radius 1 is 1.29 bits per heavy atom. The number of H-pyrrole nitrogens is 1. The highest BCUT2D eigenvalue weighted by molar-refractivity contribution is 5.77. The van der Waals surface area contributed by atoms with E-state index < -0.39 is 0 Å². The van der Waals surface area contributed by atoms with Gasteiger partial charge in [-0.05, 0) is 38.8 Å². The van der Waals surface area contributed by atoms with Gasteiger partial charge in [0, 0.05) is 31.2 Å². The molecule has 0 spiro atoms. The fraction of sp³-hybridized carbons (Fsp3) is 0.562. The number of piperidine rings is 1. The molecule has 2 heterocycles. The van der Waals surface area contributed by atoms with Crippen LogP contribution in [0, 0.1) is 0 Å². The minimum Gasteiger partial charge on any atom is -0.497 e. The van der Waals surface area contributed by atoms with E-state index in [2.05, 4.69) is 23.7 Å². The van der Waals surface area contributed by atoms with Crippen molar-refractivity contribution in [2.24, 2.45) is 0 Å². The summed E-state index contributed by atoms with van der Waals surface area (Å²) in [5.74, 6) is 0.787. The molecule has 0 amide bonds. The molecule has 0 bridgehead atoms. The zero-order chi connectivity index (χ0) is 15.0. The highest BCUT2D eigenvalue weighted by Crippen LogP contribution is 2.27. The van der Waals surface area contributed by atoms with E-state index in [-0.39, 0.29) is 11.7 Å². The molecule has 1 saturated heterocycles. The third kappa shape index (κ3) is 2.58. The zero-order valence-electron chi connectivity index (χ0n) is 12.9. The third-order valence-electron chi connectivity index (χ3n) is 4.52. The van der Waals surface area contributed by atoms with Crippen molar-refractivity contribution in [3.8, 4) is 5.75 Å². The Hall–Kier alpha value is -1.75. The fourth-order valence-corrected chi connectivity index (χ4v) is 3.25. The van der Waals surface area contributed by atoms with E-state index in [1.54, 1.807) is 7.11 Å². The van der Waals surface area contributed by atoms with Crippen molar-refractivity contribution in [3.05, 3.63) is 28.7 Å². The number of imidazole rings is 1. The number of nitrogens with zero attached hydrogens (tertiary/aromatic N) is 2. The van der Waals surface area contributed by atoms with E-state index >= 15 is 0 Å². The smallest absolute Gasteiger partial charge is 0.326 e. The molecule has 1 N–H and O–H groups in total. The highest BCUT2D eigenvalue weighted by Gasteiger charge is 2.24. The summed E-state index contributed by atoms with van der Waals surface area (Å²) in [5, 5.41) is 0. The minimum atomic E-state index is -0.0127. The molecule has 1 aromatic heterocycles. The monoisotopic (exact) mass is 289 g/mol. The van der Waals surface area contributed by atoms with Crippen molar-refractivity contribution in [3.63, 3.8) is 0 Å². The fourth-order valence-electron chi connectivity index (χ4n) is 3.25. The quantitative estimate of drug-likeness (QED) is 0.944. The predicted octanol–water partition coefficient (Wildman–Crippen LogP) is 2.38. The Kier molecular flexibility index (Phi) is 3.76. The Labute approximate surface area is 124 Å². The van der Waals surface area contributed by atoms with Gasteiger partial charge in [0.15, 0.2) is 0 Å². The van der Waals surface area contributed by atoms with Crippen molar-refractivity contribution < 1.29 is 4.74 Å². The molecule has 1 aromatic carbocycles. The molecule has 5 nitrogen and oxygen atoms in total. The van der Waals surface area contributed by atoms with E-state index in [9.17, 15) is 4.79 Å². The van der Waals surface area contributed by atoms with Gasteiger partial charge in [-0.1, -0.05) is 0 Å². The maximum absolute atomic E-state index is 12.3. The Morgan fingerprint density at radius 2 is 2.00 bits per heavy atom. The van der Waals surface area contributed by atoms with Gasteiger partial charge in [0.05, 0.1) is 18.1 Å².